The van der Waals surface area contributed by atoms with Gasteiger partial charge in [0.05, 0.1) is 13.5 Å². The Morgan fingerprint density at radius 2 is 1.80 bits per heavy atom. The van der Waals surface area contributed by atoms with Crippen LogP contribution >= 0.6 is 11.6 Å². The zero-order chi connectivity index (χ0) is 18.8. The van der Waals surface area contributed by atoms with Gasteiger partial charge < -0.3 is 10.6 Å². The number of hydrogen-bond acceptors (Lipinski definition) is 5. The first-order valence-corrected chi connectivity index (χ1v) is 8.89. The van der Waals surface area contributed by atoms with Gasteiger partial charge in [-0.15, -0.1) is 0 Å². The molecule has 1 aliphatic rings. The van der Waals surface area contributed by atoms with Crippen molar-refractivity contribution >= 4 is 17.5 Å². The fourth-order valence-electron chi connectivity index (χ4n) is 3.58. The number of nitrogens with two attached hydrogens (primary N) is 1. The Labute approximate surface area is 155 Å². The molecule has 25 heavy (non-hydrogen) atoms. The van der Waals surface area contributed by atoms with E-state index >= 15 is 0 Å². The van der Waals surface area contributed by atoms with E-state index in [0.29, 0.717) is 37.4 Å². The first kappa shape index (κ1) is 20.1. The van der Waals surface area contributed by atoms with Gasteiger partial charge in [-0.2, -0.15) is 5.06 Å². The molecular weight excluding hydrogens is 340 g/mol. The van der Waals surface area contributed by atoms with Gasteiger partial charge in [0.25, 0.3) is 0 Å². The summed E-state index contributed by atoms with van der Waals surface area (Å²) in [6, 6.07) is 3.79. The SMILES string of the molecule is CON1CCC(N)(N(C(=O)Cc2c(C)cc(Cl)cc2C)N(C)C)CC1. The molecular formula is C18H29ClN4O2. The molecule has 0 aliphatic carbocycles. The molecule has 1 amide bonds. The largest absolute Gasteiger partial charge is 0.307 e. The molecule has 0 aromatic heterocycles. The smallest absolute Gasteiger partial charge is 0.243 e. The van der Waals surface area contributed by atoms with E-state index < -0.39 is 5.66 Å². The van der Waals surface area contributed by atoms with Crippen LogP contribution in [0.5, 0.6) is 0 Å². The van der Waals surface area contributed by atoms with Gasteiger partial charge in [0.2, 0.25) is 5.91 Å². The molecule has 1 aromatic carbocycles. The van der Waals surface area contributed by atoms with Crippen LogP contribution in [0.4, 0.5) is 0 Å². The lowest BCUT2D eigenvalue weighted by molar-refractivity contribution is -0.190. The van der Waals surface area contributed by atoms with Crippen LogP contribution in [-0.4, -0.2) is 60.9 Å². The normalized spacial score (nSPS) is 17.8. The minimum absolute atomic E-state index is 0.00751. The van der Waals surface area contributed by atoms with Crippen molar-refractivity contribution < 1.29 is 9.63 Å². The maximum absolute atomic E-state index is 13.1. The molecule has 6 nitrogen and oxygen atoms in total. The Hall–Kier alpha value is -1.18. The average Bonchev–Trinajstić information content (AvgIpc) is 2.51. The van der Waals surface area contributed by atoms with E-state index in [4.69, 9.17) is 22.2 Å². The summed E-state index contributed by atoms with van der Waals surface area (Å²) in [6.07, 6.45) is 1.62. The number of nitrogens with zero attached hydrogens (tertiary/aromatic N) is 3. The number of hydroxylamine groups is 2. The van der Waals surface area contributed by atoms with Gasteiger partial charge in [0.1, 0.15) is 5.66 Å². The molecule has 0 atom stereocenters. The topological polar surface area (TPSA) is 62.0 Å². The standard InChI is InChI=1S/C18H29ClN4O2/c1-13-10-15(19)11-14(2)16(13)12-17(24)23(21(3)4)18(20)6-8-22(25-5)9-7-18/h10-11H,6-9,12,20H2,1-5H3. The molecule has 0 bridgehead atoms. The molecule has 0 saturated carbocycles. The Kier molecular flexibility index (Phi) is 6.45. The predicted octanol–water partition coefficient (Wildman–Crippen LogP) is 2.12. The maximum Gasteiger partial charge on any atom is 0.243 e. The lowest BCUT2D eigenvalue weighted by Gasteiger charge is -2.48. The summed E-state index contributed by atoms with van der Waals surface area (Å²) in [5, 5.41) is 6.06. The highest BCUT2D eigenvalue weighted by Gasteiger charge is 2.40. The third-order valence-corrected chi connectivity index (χ3v) is 5.11. The van der Waals surface area contributed by atoms with Crippen LogP contribution in [0.3, 0.4) is 0 Å². The number of benzene rings is 1. The summed E-state index contributed by atoms with van der Waals surface area (Å²) in [7, 11) is 5.37. The van der Waals surface area contributed by atoms with Gasteiger partial charge in [-0.25, -0.2) is 5.01 Å². The monoisotopic (exact) mass is 368 g/mol. The number of piperidine rings is 1. The molecule has 1 aromatic rings. The minimum Gasteiger partial charge on any atom is -0.307 e. The highest BCUT2D eigenvalue weighted by atomic mass is 35.5. The molecule has 1 saturated heterocycles. The van der Waals surface area contributed by atoms with Crippen molar-refractivity contribution in [2.75, 3.05) is 34.3 Å². The van der Waals surface area contributed by atoms with Gasteiger partial charge in [-0.1, -0.05) is 11.6 Å². The summed E-state index contributed by atoms with van der Waals surface area (Å²) in [5.74, 6) is -0.00751. The Morgan fingerprint density at radius 3 is 2.24 bits per heavy atom. The van der Waals surface area contributed by atoms with Crippen LogP contribution in [0.1, 0.15) is 29.5 Å². The fraction of sp³-hybridized carbons (Fsp3) is 0.611. The van der Waals surface area contributed by atoms with E-state index in [1.165, 1.54) is 0 Å². The van der Waals surface area contributed by atoms with Crippen LogP contribution in [0.25, 0.3) is 0 Å². The molecule has 1 fully saturated rings. The number of halogens is 1. The van der Waals surface area contributed by atoms with Gasteiger partial charge in [-0.05, 0) is 42.7 Å². The number of carbonyl (C=O) groups excluding carboxylic acids is 1. The molecule has 7 heteroatoms. The molecule has 1 aliphatic heterocycles. The van der Waals surface area contributed by atoms with Crippen LogP contribution < -0.4 is 5.73 Å². The zero-order valence-electron chi connectivity index (χ0n) is 15.8. The van der Waals surface area contributed by atoms with Crippen LogP contribution in [0.15, 0.2) is 12.1 Å². The first-order chi connectivity index (χ1) is 11.7. The van der Waals surface area contributed by atoms with E-state index in [1.54, 1.807) is 17.1 Å². The fourth-order valence-corrected chi connectivity index (χ4v) is 3.91. The lowest BCUT2D eigenvalue weighted by atomic mass is 9.95. The summed E-state index contributed by atoms with van der Waals surface area (Å²) < 4.78 is 0. The first-order valence-electron chi connectivity index (χ1n) is 8.52. The highest BCUT2D eigenvalue weighted by molar-refractivity contribution is 6.30. The number of hydrazine groups is 1. The third kappa shape index (κ3) is 4.51. The second-order valence-corrected chi connectivity index (χ2v) is 7.40. The van der Waals surface area contributed by atoms with E-state index in [1.807, 2.05) is 45.1 Å². The van der Waals surface area contributed by atoms with E-state index in [9.17, 15) is 4.79 Å². The van der Waals surface area contributed by atoms with Crippen molar-refractivity contribution in [2.24, 2.45) is 5.73 Å². The molecule has 0 spiro atoms. The Morgan fingerprint density at radius 1 is 1.28 bits per heavy atom. The van der Waals surface area contributed by atoms with E-state index in [2.05, 4.69) is 0 Å². The quantitative estimate of drug-likeness (QED) is 0.637. The molecule has 2 rings (SSSR count). The van der Waals surface area contributed by atoms with Gasteiger partial charge in [0, 0.05) is 45.0 Å². The lowest BCUT2D eigenvalue weighted by Crippen LogP contribution is -2.66. The maximum atomic E-state index is 13.1. The number of amides is 1. The summed E-state index contributed by atoms with van der Waals surface area (Å²) in [4.78, 5) is 18.4. The second kappa shape index (κ2) is 8.01. The number of carbonyl (C=O) groups is 1. The molecule has 1 heterocycles. The van der Waals surface area contributed by atoms with Crippen molar-refractivity contribution in [3.63, 3.8) is 0 Å². The molecule has 0 unspecified atom stereocenters. The van der Waals surface area contributed by atoms with Gasteiger partial charge in [-0.3, -0.25) is 9.80 Å². The van der Waals surface area contributed by atoms with Gasteiger partial charge in [0.15, 0.2) is 0 Å². The van der Waals surface area contributed by atoms with Gasteiger partial charge >= 0.3 is 0 Å². The van der Waals surface area contributed by atoms with Crippen LogP contribution in [-0.2, 0) is 16.1 Å². The Balaban J connectivity index is 2.22. The minimum atomic E-state index is -0.705. The van der Waals surface area contributed by atoms with Crippen molar-refractivity contribution in [3.05, 3.63) is 33.8 Å². The Bertz CT molecular complexity index is 604. The highest BCUT2D eigenvalue weighted by Crippen LogP contribution is 2.27. The molecule has 0 radical (unpaired) electrons. The van der Waals surface area contributed by atoms with Crippen LogP contribution in [0.2, 0.25) is 5.02 Å². The van der Waals surface area contributed by atoms with Crippen molar-refractivity contribution in [1.82, 2.24) is 15.1 Å². The predicted molar refractivity (Wildman–Crippen MR) is 99.9 cm³/mol. The third-order valence-electron chi connectivity index (χ3n) is 4.89. The molecule has 2 N–H and O–H groups in total. The van der Waals surface area contributed by atoms with Crippen molar-refractivity contribution in [1.29, 1.82) is 0 Å². The number of rotatable bonds is 5. The molecule has 140 valence electrons. The van der Waals surface area contributed by atoms with Crippen molar-refractivity contribution in [3.8, 4) is 0 Å². The number of aryl methyl sites for hydroxylation is 2. The summed E-state index contributed by atoms with van der Waals surface area (Å²) >= 11 is 6.10. The van der Waals surface area contributed by atoms with Crippen molar-refractivity contribution in [2.45, 2.75) is 38.8 Å². The zero-order valence-corrected chi connectivity index (χ0v) is 16.6. The van der Waals surface area contributed by atoms with E-state index in [0.717, 1.165) is 16.7 Å². The van der Waals surface area contributed by atoms with Crippen LogP contribution in [0, 0.1) is 13.8 Å². The second-order valence-electron chi connectivity index (χ2n) is 6.96. The number of hydrogen-bond donors (Lipinski definition) is 1. The summed E-state index contributed by atoms with van der Waals surface area (Å²) in [5.41, 5.74) is 9.00. The average molecular weight is 369 g/mol. The van der Waals surface area contributed by atoms with E-state index in [-0.39, 0.29) is 5.91 Å². The summed E-state index contributed by atoms with van der Waals surface area (Å²) in [6.45, 7) is 5.36.